The van der Waals surface area contributed by atoms with E-state index in [1.165, 1.54) is 12.3 Å². The van der Waals surface area contributed by atoms with Crippen LogP contribution >= 0.6 is 0 Å². The predicted octanol–water partition coefficient (Wildman–Crippen LogP) is -0.297. The first-order chi connectivity index (χ1) is 17.0. The summed E-state index contributed by atoms with van der Waals surface area (Å²) >= 11 is 0. The Balaban J connectivity index is 1.99. The number of hydrogen-bond acceptors (Lipinski definition) is 11. The lowest BCUT2D eigenvalue weighted by Gasteiger charge is -2.21. The molecule has 2 heterocycles. The average Bonchev–Trinajstić information content (AvgIpc) is 3.56. The van der Waals surface area contributed by atoms with E-state index in [0.717, 1.165) is 12.6 Å². The molecule has 14 nitrogen and oxygen atoms in total. The van der Waals surface area contributed by atoms with Gasteiger partial charge >= 0.3 is 0 Å². The maximum atomic E-state index is 13.2. The number of benzene rings is 2. The molecule has 1 unspecified atom stereocenters. The molecule has 2 aromatic carbocycles. The highest BCUT2D eigenvalue weighted by atomic mass is 32.2. The Morgan fingerprint density at radius 2 is 2.00 bits per heavy atom. The number of aromatic amines is 1. The molecule has 1 aliphatic rings. The first-order valence-corrected chi connectivity index (χ1v) is 13.8. The summed E-state index contributed by atoms with van der Waals surface area (Å²) in [6.45, 7) is 1.32. The van der Waals surface area contributed by atoms with Crippen LogP contribution in [0, 0.1) is 5.92 Å². The predicted molar refractivity (Wildman–Crippen MR) is 135 cm³/mol. The van der Waals surface area contributed by atoms with Crippen molar-refractivity contribution >= 4 is 37.6 Å². The lowest BCUT2D eigenvalue weighted by atomic mass is 9.98. The van der Waals surface area contributed by atoms with Gasteiger partial charge in [-0.3, -0.25) is 0 Å². The van der Waals surface area contributed by atoms with Crippen molar-refractivity contribution in [2.24, 2.45) is 15.5 Å². The SMILES string of the molecule is CNN(C)c1cc(-c2ccc(S(=O)(=O)N=CC3CCNC3)c(S(N)(=O)=O)c2-c2nn[nH]n2)ccc1N. The molecule has 1 aromatic heterocycles. The Bertz CT molecular complexity index is 1500. The second-order valence-electron chi connectivity index (χ2n) is 8.13. The summed E-state index contributed by atoms with van der Waals surface area (Å²) in [4.78, 5) is -1.26. The topological polar surface area (TPSA) is 214 Å². The first-order valence-electron chi connectivity index (χ1n) is 10.8. The molecule has 0 spiro atoms. The van der Waals surface area contributed by atoms with Crippen molar-refractivity contribution in [1.82, 2.24) is 31.4 Å². The number of hydrogen-bond donors (Lipinski definition) is 5. The van der Waals surface area contributed by atoms with E-state index in [9.17, 15) is 16.8 Å². The molecule has 0 bridgehead atoms. The van der Waals surface area contributed by atoms with Gasteiger partial charge in [0.25, 0.3) is 10.0 Å². The van der Waals surface area contributed by atoms with Crippen molar-refractivity contribution in [3.63, 3.8) is 0 Å². The summed E-state index contributed by atoms with van der Waals surface area (Å²) < 4.78 is 55.9. The number of primary sulfonamides is 1. The summed E-state index contributed by atoms with van der Waals surface area (Å²) in [6.07, 6.45) is 2.03. The summed E-state index contributed by atoms with van der Waals surface area (Å²) in [5, 5.41) is 24.0. The third-order valence-corrected chi connectivity index (χ3v) is 8.22. The number of nitrogens with two attached hydrogens (primary N) is 2. The number of anilines is 2. The maximum absolute atomic E-state index is 13.2. The molecule has 1 aliphatic heterocycles. The monoisotopic (exact) mass is 534 g/mol. The van der Waals surface area contributed by atoms with Crippen LogP contribution in [-0.2, 0) is 20.0 Å². The smallest absolute Gasteiger partial charge is 0.283 e. The third kappa shape index (κ3) is 5.07. The van der Waals surface area contributed by atoms with Gasteiger partial charge in [-0.25, -0.2) is 19.0 Å². The molecule has 3 aromatic rings. The van der Waals surface area contributed by atoms with Crippen LogP contribution in [0.2, 0.25) is 0 Å². The molecular formula is C20H26N10O4S2. The fraction of sp³-hybridized carbons (Fsp3) is 0.300. The van der Waals surface area contributed by atoms with Gasteiger partial charge < -0.3 is 16.1 Å². The lowest BCUT2D eigenvalue weighted by Crippen LogP contribution is -2.31. The zero-order chi connectivity index (χ0) is 26.1. The van der Waals surface area contributed by atoms with Gasteiger partial charge in [-0.2, -0.15) is 18.0 Å². The quantitative estimate of drug-likeness (QED) is 0.144. The standard InChI is InChI=1S/C20H26N10O4S2/c1-23-30(2)16-9-13(3-5-15(16)21)14-4-6-17(36(33,34)25-11-12-7-8-24-10-12)19(35(22,31)32)18(14)20-26-28-29-27-20/h3-6,9,11-12,23-24H,7-8,10,21H2,1-2H3,(H2,22,31,32)(H,26,27,28,29). The number of hydrazine groups is 1. The van der Waals surface area contributed by atoms with Crippen LogP contribution in [0.4, 0.5) is 11.4 Å². The van der Waals surface area contributed by atoms with Crippen LogP contribution in [0.1, 0.15) is 6.42 Å². The van der Waals surface area contributed by atoms with E-state index in [4.69, 9.17) is 10.9 Å². The van der Waals surface area contributed by atoms with Gasteiger partial charge in [-0.15, -0.1) is 10.2 Å². The molecule has 36 heavy (non-hydrogen) atoms. The molecule has 4 rings (SSSR count). The Hall–Kier alpha value is -3.44. The molecule has 0 aliphatic carbocycles. The molecule has 1 saturated heterocycles. The Morgan fingerprint density at radius 1 is 1.22 bits per heavy atom. The van der Waals surface area contributed by atoms with E-state index in [1.807, 2.05) is 0 Å². The van der Waals surface area contributed by atoms with E-state index in [-0.39, 0.29) is 17.3 Å². The number of H-pyrrole nitrogens is 1. The van der Waals surface area contributed by atoms with E-state index in [2.05, 4.69) is 35.8 Å². The molecular weight excluding hydrogens is 508 g/mol. The number of nitrogens with zero attached hydrogens (tertiary/aromatic N) is 5. The van der Waals surface area contributed by atoms with Gasteiger partial charge in [0.2, 0.25) is 15.8 Å². The molecule has 0 saturated carbocycles. The van der Waals surface area contributed by atoms with E-state index in [1.54, 1.807) is 37.3 Å². The summed E-state index contributed by atoms with van der Waals surface area (Å²) in [7, 11) is -5.61. The van der Waals surface area contributed by atoms with Gasteiger partial charge in [0.15, 0.2) is 0 Å². The van der Waals surface area contributed by atoms with Gasteiger partial charge in [0.1, 0.15) is 9.79 Å². The maximum Gasteiger partial charge on any atom is 0.283 e. The molecule has 16 heteroatoms. The summed E-state index contributed by atoms with van der Waals surface area (Å²) in [5.41, 5.74) is 10.8. The fourth-order valence-corrected chi connectivity index (χ4v) is 6.45. The van der Waals surface area contributed by atoms with Crippen molar-refractivity contribution in [2.75, 3.05) is 37.9 Å². The number of rotatable bonds is 8. The van der Waals surface area contributed by atoms with E-state index < -0.39 is 29.8 Å². The van der Waals surface area contributed by atoms with Gasteiger partial charge in [-0.05, 0) is 47.5 Å². The average molecular weight is 535 g/mol. The summed E-state index contributed by atoms with van der Waals surface area (Å²) in [5.74, 6) is -0.249. The summed E-state index contributed by atoms with van der Waals surface area (Å²) in [6, 6.07) is 7.62. The first kappa shape index (κ1) is 25.6. The third-order valence-electron chi connectivity index (χ3n) is 5.80. The highest BCUT2D eigenvalue weighted by molar-refractivity contribution is 7.93. The lowest BCUT2D eigenvalue weighted by molar-refractivity contribution is 0.584. The van der Waals surface area contributed by atoms with Crippen molar-refractivity contribution in [2.45, 2.75) is 16.2 Å². The molecule has 0 amide bonds. The number of aromatic nitrogens is 4. The molecule has 192 valence electrons. The van der Waals surface area contributed by atoms with Crippen LogP contribution in [0.15, 0.2) is 44.5 Å². The Labute approximate surface area is 208 Å². The Morgan fingerprint density at radius 3 is 2.61 bits per heavy atom. The minimum absolute atomic E-state index is 0.0916. The minimum Gasteiger partial charge on any atom is -0.397 e. The van der Waals surface area contributed by atoms with E-state index >= 15 is 0 Å². The zero-order valence-corrected chi connectivity index (χ0v) is 21.1. The van der Waals surface area contributed by atoms with Gasteiger partial charge in [-0.1, -0.05) is 12.1 Å². The van der Waals surface area contributed by atoms with E-state index in [0.29, 0.717) is 35.5 Å². The molecule has 1 atom stereocenters. The van der Waals surface area contributed by atoms with Crippen LogP contribution in [0.5, 0.6) is 0 Å². The number of nitrogen functional groups attached to an aromatic ring is 1. The fourth-order valence-electron chi connectivity index (χ4n) is 3.93. The van der Waals surface area contributed by atoms with Crippen molar-refractivity contribution in [1.29, 1.82) is 0 Å². The second kappa shape index (κ2) is 9.90. The highest BCUT2D eigenvalue weighted by Crippen LogP contribution is 2.40. The second-order valence-corrected chi connectivity index (χ2v) is 11.2. The minimum atomic E-state index is -4.61. The van der Waals surface area contributed by atoms with Gasteiger partial charge in [0.05, 0.1) is 16.9 Å². The highest BCUT2D eigenvalue weighted by Gasteiger charge is 2.32. The van der Waals surface area contributed by atoms with Crippen LogP contribution < -0.4 is 26.6 Å². The van der Waals surface area contributed by atoms with Crippen LogP contribution in [-0.4, -0.2) is 70.9 Å². The molecule has 1 fully saturated rings. The number of tetrazole rings is 1. The number of nitrogens with one attached hydrogen (secondary N) is 3. The normalized spacial score (nSPS) is 16.6. The number of sulfonamides is 2. The van der Waals surface area contributed by atoms with Crippen molar-refractivity contribution in [3.05, 3.63) is 30.3 Å². The zero-order valence-electron chi connectivity index (χ0n) is 19.5. The molecule has 7 N–H and O–H groups in total. The Kier molecular flexibility index (Phi) is 7.05. The van der Waals surface area contributed by atoms with Crippen LogP contribution in [0.3, 0.4) is 0 Å². The van der Waals surface area contributed by atoms with Crippen molar-refractivity contribution in [3.8, 4) is 22.5 Å². The van der Waals surface area contributed by atoms with Crippen molar-refractivity contribution < 1.29 is 16.8 Å². The molecule has 0 radical (unpaired) electrons. The van der Waals surface area contributed by atoms with Crippen LogP contribution in [0.25, 0.3) is 22.5 Å². The van der Waals surface area contributed by atoms with Gasteiger partial charge in [0, 0.05) is 32.8 Å². The largest absolute Gasteiger partial charge is 0.397 e.